The smallest absolute Gasteiger partial charge is 0.269 e. The van der Waals surface area contributed by atoms with E-state index in [0.29, 0.717) is 10.7 Å². The van der Waals surface area contributed by atoms with Crippen molar-refractivity contribution in [2.24, 2.45) is 0 Å². The fraction of sp³-hybridized carbons (Fsp3) is 0.0833. The van der Waals surface area contributed by atoms with Gasteiger partial charge in [0.1, 0.15) is 5.01 Å². The molecular weight excluding hydrogens is 280 g/mol. The maximum absolute atomic E-state index is 11.6. The van der Waals surface area contributed by atoms with Crippen LogP contribution in [0.25, 0.3) is 6.08 Å². The molecule has 0 aliphatic carbocycles. The second-order valence-electron chi connectivity index (χ2n) is 3.80. The molecule has 1 aromatic carbocycles. The molecule has 0 radical (unpaired) electrons. The molecule has 1 amide bonds. The molecule has 1 aromatic heterocycles. The Morgan fingerprint density at radius 2 is 2.05 bits per heavy atom. The van der Waals surface area contributed by atoms with Gasteiger partial charge in [0, 0.05) is 18.2 Å². The van der Waals surface area contributed by atoms with Gasteiger partial charge in [-0.05, 0) is 30.7 Å². The molecule has 102 valence electrons. The third-order valence-corrected chi connectivity index (χ3v) is 3.04. The summed E-state index contributed by atoms with van der Waals surface area (Å²) in [6.07, 6.45) is 2.89. The van der Waals surface area contributed by atoms with Crippen LogP contribution in [0.2, 0.25) is 0 Å². The predicted octanol–water partition coefficient (Wildman–Crippen LogP) is 2.41. The zero-order valence-electron chi connectivity index (χ0n) is 10.4. The quantitative estimate of drug-likeness (QED) is 0.529. The summed E-state index contributed by atoms with van der Waals surface area (Å²) < 4.78 is 0. The zero-order valence-corrected chi connectivity index (χ0v) is 11.3. The summed E-state index contributed by atoms with van der Waals surface area (Å²) in [7, 11) is 0. The number of nitro benzene ring substituents is 1. The van der Waals surface area contributed by atoms with E-state index in [0.717, 1.165) is 5.01 Å². The van der Waals surface area contributed by atoms with Gasteiger partial charge in [-0.15, -0.1) is 10.2 Å². The number of nitrogens with one attached hydrogen (secondary N) is 1. The molecule has 0 bridgehead atoms. The highest BCUT2D eigenvalue weighted by Gasteiger charge is 2.04. The van der Waals surface area contributed by atoms with Gasteiger partial charge in [0.2, 0.25) is 11.0 Å². The molecule has 0 saturated carbocycles. The fourth-order valence-electron chi connectivity index (χ4n) is 1.37. The molecule has 0 fully saturated rings. The van der Waals surface area contributed by atoms with Crippen LogP contribution in [-0.4, -0.2) is 21.0 Å². The van der Waals surface area contributed by atoms with Gasteiger partial charge >= 0.3 is 0 Å². The van der Waals surface area contributed by atoms with Gasteiger partial charge in [-0.1, -0.05) is 11.3 Å². The number of anilines is 1. The molecule has 7 nitrogen and oxygen atoms in total. The molecule has 0 saturated heterocycles. The van der Waals surface area contributed by atoms with E-state index in [4.69, 9.17) is 0 Å². The molecule has 20 heavy (non-hydrogen) atoms. The Kier molecular flexibility index (Phi) is 4.16. The molecule has 1 N–H and O–H groups in total. The van der Waals surface area contributed by atoms with E-state index in [1.165, 1.54) is 29.5 Å². The first-order valence-corrected chi connectivity index (χ1v) is 6.40. The van der Waals surface area contributed by atoms with Crippen LogP contribution in [0.4, 0.5) is 10.8 Å². The molecular formula is C12H10N4O3S. The first kappa shape index (κ1) is 13.8. The molecule has 0 aliphatic rings. The molecule has 0 aliphatic heterocycles. The Morgan fingerprint density at radius 3 is 2.60 bits per heavy atom. The number of nitrogens with zero attached hydrogens (tertiary/aromatic N) is 3. The number of carbonyl (C=O) groups excluding carboxylic acids is 1. The second kappa shape index (κ2) is 6.02. The SMILES string of the molecule is Cc1nnc(NC(=O)C=Cc2ccc([N+](=O)[O-])cc2)s1. The molecule has 0 unspecified atom stereocenters. The lowest BCUT2D eigenvalue weighted by Crippen LogP contribution is -2.07. The highest BCUT2D eigenvalue weighted by atomic mass is 32.1. The summed E-state index contributed by atoms with van der Waals surface area (Å²) in [6.45, 7) is 1.79. The minimum Gasteiger partial charge on any atom is -0.297 e. The third kappa shape index (κ3) is 3.69. The number of non-ortho nitro benzene ring substituents is 1. The summed E-state index contributed by atoms with van der Waals surface area (Å²) >= 11 is 1.28. The zero-order chi connectivity index (χ0) is 14.5. The van der Waals surface area contributed by atoms with Crippen LogP contribution in [0.3, 0.4) is 0 Å². The van der Waals surface area contributed by atoms with Crippen molar-refractivity contribution < 1.29 is 9.72 Å². The van der Waals surface area contributed by atoms with Crippen LogP contribution >= 0.6 is 11.3 Å². The van der Waals surface area contributed by atoms with Crippen LogP contribution in [-0.2, 0) is 4.79 Å². The average Bonchev–Trinajstić information content (AvgIpc) is 2.82. The second-order valence-corrected chi connectivity index (χ2v) is 4.98. The number of aryl methyl sites for hydroxylation is 1. The van der Waals surface area contributed by atoms with E-state index < -0.39 is 4.92 Å². The van der Waals surface area contributed by atoms with Crippen molar-refractivity contribution in [2.45, 2.75) is 6.92 Å². The molecule has 1 heterocycles. The topological polar surface area (TPSA) is 98.0 Å². The van der Waals surface area contributed by atoms with Crippen LogP contribution in [0, 0.1) is 17.0 Å². The van der Waals surface area contributed by atoms with Gasteiger partial charge in [0.25, 0.3) is 5.69 Å². The Bertz CT molecular complexity index is 664. The summed E-state index contributed by atoms with van der Waals surface area (Å²) in [4.78, 5) is 21.6. The minimum absolute atomic E-state index is 0.0101. The summed E-state index contributed by atoms with van der Waals surface area (Å²) in [6, 6.07) is 5.89. The monoisotopic (exact) mass is 290 g/mol. The Labute approximate surface area is 118 Å². The van der Waals surface area contributed by atoms with Crippen LogP contribution in [0.5, 0.6) is 0 Å². The standard InChI is InChI=1S/C12H10N4O3S/c1-8-14-15-12(20-8)13-11(17)7-4-9-2-5-10(6-3-9)16(18)19/h2-7H,1H3,(H,13,15,17). The van der Waals surface area contributed by atoms with Gasteiger partial charge in [0.05, 0.1) is 4.92 Å². The van der Waals surface area contributed by atoms with Crippen molar-refractivity contribution in [1.82, 2.24) is 10.2 Å². The lowest BCUT2D eigenvalue weighted by atomic mass is 10.2. The van der Waals surface area contributed by atoms with Crippen LogP contribution < -0.4 is 5.32 Å². The number of carbonyl (C=O) groups is 1. The minimum atomic E-state index is -0.474. The molecule has 0 atom stereocenters. The fourth-order valence-corrected chi connectivity index (χ4v) is 1.97. The number of hydrogen-bond acceptors (Lipinski definition) is 6. The maximum Gasteiger partial charge on any atom is 0.269 e. The van der Waals surface area contributed by atoms with E-state index >= 15 is 0 Å². The Morgan fingerprint density at radius 1 is 1.35 bits per heavy atom. The first-order chi connectivity index (χ1) is 9.54. The van der Waals surface area contributed by atoms with Gasteiger partial charge in [-0.2, -0.15) is 0 Å². The number of aromatic nitrogens is 2. The lowest BCUT2D eigenvalue weighted by molar-refractivity contribution is -0.384. The number of benzene rings is 1. The van der Waals surface area contributed by atoms with E-state index in [1.54, 1.807) is 25.1 Å². The third-order valence-electron chi connectivity index (χ3n) is 2.29. The highest BCUT2D eigenvalue weighted by Crippen LogP contribution is 2.14. The van der Waals surface area contributed by atoms with Gasteiger partial charge in [-0.3, -0.25) is 20.2 Å². The molecule has 0 spiro atoms. The van der Waals surface area contributed by atoms with Gasteiger partial charge < -0.3 is 0 Å². The first-order valence-electron chi connectivity index (χ1n) is 5.58. The van der Waals surface area contributed by atoms with Crippen LogP contribution in [0.1, 0.15) is 10.6 Å². The van der Waals surface area contributed by atoms with Crippen molar-refractivity contribution in [2.75, 3.05) is 5.32 Å². The van der Waals surface area contributed by atoms with Gasteiger partial charge in [-0.25, -0.2) is 0 Å². The number of amides is 1. The van der Waals surface area contributed by atoms with Crippen molar-refractivity contribution in [3.05, 3.63) is 51.0 Å². The van der Waals surface area contributed by atoms with Gasteiger partial charge in [0.15, 0.2) is 0 Å². The van der Waals surface area contributed by atoms with E-state index in [2.05, 4.69) is 15.5 Å². The molecule has 2 rings (SSSR count). The highest BCUT2D eigenvalue weighted by molar-refractivity contribution is 7.15. The lowest BCUT2D eigenvalue weighted by Gasteiger charge is -1.95. The van der Waals surface area contributed by atoms with Crippen molar-refractivity contribution in [1.29, 1.82) is 0 Å². The summed E-state index contributed by atoms with van der Waals surface area (Å²) in [5.74, 6) is -0.334. The van der Waals surface area contributed by atoms with Crippen molar-refractivity contribution >= 4 is 34.1 Å². The summed E-state index contributed by atoms with van der Waals surface area (Å²) in [5, 5.41) is 21.8. The van der Waals surface area contributed by atoms with Crippen LogP contribution in [0.15, 0.2) is 30.3 Å². The number of hydrogen-bond donors (Lipinski definition) is 1. The Balaban J connectivity index is 1.98. The summed E-state index contributed by atoms with van der Waals surface area (Å²) in [5.41, 5.74) is 0.704. The van der Waals surface area contributed by atoms with Crippen molar-refractivity contribution in [3.8, 4) is 0 Å². The maximum atomic E-state index is 11.6. The Hall–Kier alpha value is -2.61. The normalized spacial score (nSPS) is 10.7. The van der Waals surface area contributed by atoms with E-state index in [9.17, 15) is 14.9 Å². The van der Waals surface area contributed by atoms with Crippen molar-refractivity contribution in [3.63, 3.8) is 0 Å². The average molecular weight is 290 g/mol. The number of nitro groups is 1. The number of rotatable bonds is 4. The molecule has 2 aromatic rings. The molecule has 8 heteroatoms. The van der Waals surface area contributed by atoms with E-state index in [-0.39, 0.29) is 11.6 Å². The van der Waals surface area contributed by atoms with E-state index in [1.807, 2.05) is 0 Å². The largest absolute Gasteiger partial charge is 0.297 e. The predicted molar refractivity (Wildman–Crippen MR) is 75.4 cm³/mol.